The number of sulfone groups is 1. The summed E-state index contributed by atoms with van der Waals surface area (Å²) in [6, 6.07) is 14.8. The minimum Gasteiger partial charge on any atom is -0.493 e. The van der Waals surface area contributed by atoms with Crippen LogP contribution in [0.5, 0.6) is 23.0 Å². The van der Waals surface area contributed by atoms with E-state index in [9.17, 15) is 22.4 Å². The number of fused-ring (bicyclic) bond motifs is 1. The van der Waals surface area contributed by atoms with Crippen molar-refractivity contribution in [3.05, 3.63) is 84.1 Å². The first-order valence-corrected chi connectivity index (χ1v) is 18.4. The van der Waals surface area contributed by atoms with Gasteiger partial charge < -0.3 is 24.8 Å². The quantitative estimate of drug-likeness (QED) is 0.163. The van der Waals surface area contributed by atoms with Gasteiger partial charge in [-0.05, 0) is 86.6 Å². The summed E-state index contributed by atoms with van der Waals surface area (Å²) in [7, 11) is -1.40. The van der Waals surface area contributed by atoms with Crippen LogP contribution < -0.4 is 24.8 Å². The highest BCUT2D eigenvalue weighted by Crippen LogP contribution is 2.48. The molecule has 3 aliphatic rings. The van der Waals surface area contributed by atoms with E-state index in [1.807, 2.05) is 0 Å². The number of nitrogens with one attached hydrogen (secondary N) is 2. The third-order valence-electron chi connectivity index (χ3n) is 9.83. The predicted molar refractivity (Wildman–Crippen MR) is 182 cm³/mol. The number of pyridine rings is 1. The van der Waals surface area contributed by atoms with Crippen LogP contribution in [-0.2, 0) is 25.8 Å². The number of carbonyl (C=O) groups is 2. The van der Waals surface area contributed by atoms with Crippen LogP contribution in [0.15, 0.2) is 66.9 Å². The van der Waals surface area contributed by atoms with Crippen molar-refractivity contribution in [2.75, 3.05) is 30.5 Å². The first kappa shape index (κ1) is 33.9. The molecule has 1 saturated heterocycles. The lowest BCUT2D eigenvalue weighted by molar-refractivity contribution is -0.132. The van der Waals surface area contributed by atoms with Crippen molar-refractivity contribution in [3.8, 4) is 23.0 Å². The van der Waals surface area contributed by atoms with E-state index < -0.39 is 32.8 Å². The Morgan fingerprint density at radius 3 is 2.32 bits per heavy atom. The summed E-state index contributed by atoms with van der Waals surface area (Å²) in [6.07, 6.45) is 5.09. The summed E-state index contributed by atoms with van der Waals surface area (Å²) in [5.41, 5.74) is -0.345. The third kappa shape index (κ3) is 7.29. The molecule has 3 fully saturated rings. The number of carbonyl (C=O) groups excluding carboxylic acids is 2. The van der Waals surface area contributed by atoms with Crippen molar-refractivity contribution in [2.45, 2.75) is 56.5 Å². The molecule has 4 aromatic rings. The molecule has 0 bridgehead atoms. The standard InChI is InChI=1S/C37H37F2N3O7S/c1-47-32-20-28-30(21-33(32)48-22-36(11-12-36)42-26-9-16-50(45,46)17-10-26)40-15-8-31(28)49-27-7-2-23(29(39)19-27)18-34(43)37(13-14-37)35(44)41-25-5-3-24(38)4-6-25/h2-8,15,19-21,26,42H,9-14,16-18,22H2,1H3,(H,41,44). The van der Waals surface area contributed by atoms with Crippen molar-refractivity contribution in [3.63, 3.8) is 0 Å². The highest BCUT2D eigenvalue weighted by Gasteiger charge is 2.55. The Hall–Kier alpha value is -4.62. The number of hydrogen-bond donors (Lipinski definition) is 2. The molecule has 1 aliphatic heterocycles. The van der Waals surface area contributed by atoms with Crippen LogP contribution in [0, 0.1) is 17.0 Å². The smallest absolute Gasteiger partial charge is 0.238 e. The molecule has 2 saturated carbocycles. The average Bonchev–Trinajstić information content (AvgIpc) is 4.04. The number of aromatic nitrogens is 1. The number of ketones is 1. The Morgan fingerprint density at radius 2 is 1.66 bits per heavy atom. The number of hydrogen-bond acceptors (Lipinski definition) is 9. The van der Waals surface area contributed by atoms with Gasteiger partial charge in [-0.25, -0.2) is 17.2 Å². The minimum absolute atomic E-state index is 0.138. The number of benzene rings is 3. The highest BCUT2D eigenvalue weighted by molar-refractivity contribution is 7.91. The topological polar surface area (TPSA) is 133 Å². The molecule has 0 radical (unpaired) electrons. The van der Waals surface area contributed by atoms with Gasteiger partial charge in [0.1, 0.15) is 45.0 Å². The van der Waals surface area contributed by atoms with Crippen LogP contribution in [0.25, 0.3) is 10.9 Å². The number of methoxy groups -OCH3 is 1. The van der Waals surface area contributed by atoms with Crippen molar-refractivity contribution < 1.29 is 41.0 Å². The van der Waals surface area contributed by atoms with Gasteiger partial charge in [0.05, 0.1) is 29.7 Å². The van der Waals surface area contributed by atoms with Gasteiger partial charge in [-0.2, -0.15) is 0 Å². The van der Waals surface area contributed by atoms with E-state index in [4.69, 9.17) is 14.2 Å². The van der Waals surface area contributed by atoms with Crippen LogP contribution in [0.3, 0.4) is 0 Å². The van der Waals surface area contributed by atoms with Crippen molar-refractivity contribution >= 4 is 38.1 Å². The van der Waals surface area contributed by atoms with Crippen LogP contribution >= 0.6 is 0 Å². The zero-order valence-electron chi connectivity index (χ0n) is 27.5. The second-order valence-electron chi connectivity index (χ2n) is 13.5. The molecule has 1 amide bonds. The number of nitrogens with zero attached hydrogens (tertiary/aromatic N) is 1. The summed E-state index contributed by atoms with van der Waals surface area (Å²) >= 11 is 0. The first-order chi connectivity index (χ1) is 24.0. The van der Waals surface area contributed by atoms with Gasteiger partial charge >= 0.3 is 0 Å². The number of halogens is 2. The first-order valence-electron chi connectivity index (χ1n) is 16.6. The molecule has 50 heavy (non-hydrogen) atoms. The monoisotopic (exact) mass is 705 g/mol. The fourth-order valence-electron chi connectivity index (χ4n) is 6.40. The molecule has 2 heterocycles. The van der Waals surface area contributed by atoms with Gasteiger partial charge in [-0.3, -0.25) is 14.6 Å². The maximum atomic E-state index is 15.3. The lowest BCUT2D eigenvalue weighted by Gasteiger charge is -2.28. The van der Waals surface area contributed by atoms with Gasteiger partial charge in [-0.15, -0.1) is 0 Å². The minimum atomic E-state index is -2.94. The lowest BCUT2D eigenvalue weighted by atomic mass is 9.93. The van der Waals surface area contributed by atoms with Gasteiger partial charge in [0.2, 0.25) is 5.91 Å². The molecule has 10 nitrogen and oxygen atoms in total. The van der Waals surface area contributed by atoms with Gasteiger partial charge in [-0.1, -0.05) is 6.07 Å². The zero-order chi connectivity index (χ0) is 35.1. The molecule has 3 aromatic carbocycles. The number of rotatable bonds is 13. The Kier molecular flexibility index (Phi) is 8.97. The molecule has 262 valence electrons. The number of anilines is 1. The molecule has 1 aromatic heterocycles. The molecular weight excluding hydrogens is 668 g/mol. The number of ether oxygens (including phenoxy) is 3. The molecule has 7 rings (SSSR count). The van der Waals surface area contributed by atoms with E-state index in [0.29, 0.717) is 66.1 Å². The number of Topliss-reactive ketones (excluding diaryl/α,β-unsaturated/α-hetero) is 1. The van der Waals surface area contributed by atoms with Crippen LogP contribution in [-0.4, -0.2) is 61.9 Å². The zero-order valence-corrected chi connectivity index (χ0v) is 28.3. The van der Waals surface area contributed by atoms with Gasteiger partial charge in [0.25, 0.3) is 0 Å². The summed E-state index contributed by atoms with van der Waals surface area (Å²) < 4.78 is 70.2. The maximum absolute atomic E-state index is 15.3. The molecule has 0 spiro atoms. The second kappa shape index (κ2) is 13.3. The molecule has 0 atom stereocenters. The SMILES string of the molecule is COc1cc2c(Oc3ccc(CC(=O)C4(C(=O)Nc5ccc(F)cc5)CC4)c(F)c3)ccnc2cc1OCC1(NC2CCS(=O)(=O)CC2)CC1. The molecule has 2 aliphatic carbocycles. The average molecular weight is 706 g/mol. The van der Waals surface area contributed by atoms with E-state index in [1.165, 1.54) is 43.5 Å². The van der Waals surface area contributed by atoms with E-state index in [1.54, 1.807) is 30.5 Å². The lowest BCUT2D eigenvalue weighted by Crippen LogP contribution is -2.47. The molecule has 13 heteroatoms. The normalized spacial score (nSPS) is 18.6. The van der Waals surface area contributed by atoms with Gasteiger partial charge in [0, 0.05) is 41.9 Å². The van der Waals surface area contributed by atoms with Crippen molar-refractivity contribution in [1.82, 2.24) is 10.3 Å². The summed E-state index contributed by atoms with van der Waals surface area (Å²) in [6.45, 7) is 0.391. The fraction of sp³-hybridized carbons (Fsp3) is 0.378. The molecule has 2 N–H and O–H groups in total. The van der Waals surface area contributed by atoms with Crippen LogP contribution in [0.1, 0.15) is 44.1 Å². The van der Waals surface area contributed by atoms with E-state index >= 15 is 4.39 Å². The van der Waals surface area contributed by atoms with Crippen LogP contribution in [0.2, 0.25) is 0 Å². The number of amides is 1. The Bertz CT molecular complexity index is 2050. The summed E-state index contributed by atoms with van der Waals surface area (Å²) in [5.74, 6) is 0.0369. The Morgan fingerprint density at radius 1 is 0.920 bits per heavy atom. The molecular formula is C37H37F2N3O7S. The second-order valence-corrected chi connectivity index (χ2v) is 15.8. The summed E-state index contributed by atoms with van der Waals surface area (Å²) in [4.78, 5) is 30.6. The van der Waals surface area contributed by atoms with E-state index in [0.717, 1.165) is 12.8 Å². The largest absolute Gasteiger partial charge is 0.493 e. The third-order valence-corrected chi connectivity index (χ3v) is 11.5. The predicted octanol–water partition coefficient (Wildman–Crippen LogP) is 5.92. The van der Waals surface area contributed by atoms with Crippen LogP contribution in [0.4, 0.5) is 14.5 Å². The summed E-state index contributed by atoms with van der Waals surface area (Å²) in [5, 5.41) is 6.91. The maximum Gasteiger partial charge on any atom is 0.238 e. The highest BCUT2D eigenvalue weighted by atomic mass is 32.2. The van der Waals surface area contributed by atoms with Gasteiger partial charge in [0.15, 0.2) is 17.3 Å². The Balaban J connectivity index is 1.01. The Labute approximate surface area is 288 Å². The fourth-order valence-corrected chi connectivity index (χ4v) is 7.89. The van der Waals surface area contributed by atoms with Crippen molar-refractivity contribution in [1.29, 1.82) is 0 Å². The molecule has 0 unspecified atom stereocenters. The van der Waals surface area contributed by atoms with E-state index in [-0.39, 0.29) is 46.6 Å². The van der Waals surface area contributed by atoms with E-state index in [2.05, 4.69) is 15.6 Å². The van der Waals surface area contributed by atoms with Crippen molar-refractivity contribution in [2.24, 2.45) is 5.41 Å².